The third-order valence-electron chi connectivity index (χ3n) is 2.51. The van der Waals surface area contributed by atoms with E-state index in [9.17, 15) is 14.9 Å². The van der Waals surface area contributed by atoms with Crippen LogP contribution in [0.2, 0.25) is 0 Å². The van der Waals surface area contributed by atoms with Gasteiger partial charge < -0.3 is 10.6 Å². The Hall–Kier alpha value is -3.04. The number of nitrogens with zero attached hydrogens (tertiary/aromatic N) is 4. The fraction of sp³-hybridized carbons (Fsp3) is 0.200. The summed E-state index contributed by atoms with van der Waals surface area (Å²) in [6, 6.07) is 4.16. The van der Waals surface area contributed by atoms with Crippen molar-refractivity contribution in [1.29, 1.82) is 0 Å². The van der Waals surface area contributed by atoms with Crippen molar-refractivity contribution in [2.75, 3.05) is 12.4 Å². The average molecular weight is 277 g/mol. The van der Waals surface area contributed by atoms with Crippen molar-refractivity contribution in [2.45, 2.75) is 6.54 Å². The van der Waals surface area contributed by atoms with Crippen molar-refractivity contribution in [2.24, 2.45) is 0 Å². The Morgan fingerprint density at radius 1 is 1.50 bits per heavy atom. The first-order chi connectivity index (χ1) is 9.61. The van der Waals surface area contributed by atoms with Gasteiger partial charge in [0.05, 0.1) is 11.5 Å². The lowest BCUT2D eigenvalue weighted by Gasteiger charge is -2.06. The van der Waals surface area contributed by atoms with Crippen molar-refractivity contribution < 1.29 is 9.72 Å². The van der Waals surface area contributed by atoms with Gasteiger partial charge in [0.25, 0.3) is 11.6 Å². The molecule has 0 atom stereocenters. The Bertz CT molecular complexity index is 626. The Kier molecular flexibility index (Phi) is 3.84. The van der Waals surface area contributed by atoms with Gasteiger partial charge in [-0.3, -0.25) is 14.9 Å². The van der Waals surface area contributed by atoms with Gasteiger partial charge in [-0.25, -0.2) is 0 Å². The zero-order valence-electron chi connectivity index (χ0n) is 10.5. The van der Waals surface area contributed by atoms with Gasteiger partial charge in [0, 0.05) is 18.7 Å². The molecule has 0 unspecified atom stereocenters. The van der Waals surface area contributed by atoms with Gasteiger partial charge in [0.15, 0.2) is 5.82 Å². The maximum Gasteiger partial charge on any atom is 0.293 e. The summed E-state index contributed by atoms with van der Waals surface area (Å²) >= 11 is 0. The molecule has 0 fully saturated rings. The summed E-state index contributed by atoms with van der Waals surface area (Å²) in [5.74, 6) is -0.0208. The molecule has 2 aromatic rings. The summed E-state index contributed by atoms with van der Waals surface area (Å²) in [5, 5.41) is 29.4. The van der Waals surface area contributed by atoms with Crippen molar-refractivity contribution in [3.05, 3.63) is 39.7 Å². The molecule has 0 aliphatic heterocycles. The number of nitro benzene ring substituents is 1. The second-order valence-corrected chi connectivity index (χ2v) is 3.75. The minimum atomic E-state index is -0.564. The van der Waals surface area contributed by atoms with Crippen LogP contribution < -0.4 is 10.6 Å². The average Bonchev–Trinajstić information content (AvgIpc) is 2.97. The standard InChI is InChI=1S/C10H11N7O3/c1-11-10(18)6-2-3-7(8(4-6)17(19)20)12-5-9-13-15-16-14-9/h2-4,12H,5H2,1H3,(H,11,18)(H,13,14,15,16). The molecule has 0 radical (unpaired) electrons. The molecule has 0 bridgehead atoms. The molecule has 104 valence electrons. The number of hydrogen-bond donors (Lipinski definition) is 3. The highest BCUT2D eigenvalue weighted by atomic mass is 16.6. The van der Waals surface area contributed by atoms with E-state index in [0.717, 1.165) is 0 Å². The van der Waals surface area contributed by atoms with Crippen LogP contribution in [0.4, 0.5) is 11.4 Å². The SMILES string of the molecule is CNC(=O)c1ccc(NCc2nn[nH]n2)c([N+](=O)[O-])c1. The fourth-order valence-electron chi connectivity index (χ4n) is 1.55. The number of nitrogens with one attached hydrogen (secondary N) is 3. The smallest absolute Gasteiger partial charge is 0.293 e. The lowest BCUT2D eigenvalue weighted by Crippen LogP contribution is -2.18. The molecule has 2 rings (SSSR count). The highest BCUT2D eigenvalue weighted by Gasteiger charge is 2.17. The predicted molar refractivity (Wildman–Crippen MR) is 68.0 cm³/mol. The Morgan fingerprint density at radius 3 is 2.90 bits per heavy atom. The van der Waals surface area contributed by atoms with Crippen LogP contribution in [0.25, 0.3) is 0 Å². The van der Waals surface area contributed by atoms with Crippen molar-refractivity contribution in [1.82, 2.24) is 25.9 Å². The van der Waals surface area contributed by atoms with E-state index in [1.165, 1.54) is 25.2 Å². The van der Waals surface area contributed by atoms with Gasteiger partial charge >= 0.3 is 0 Å². The zero-order chi connectivity index (χ0) is 14.5. The Morgan fingerprint density at radius 2 is 2.30 bits per heavy atom. The number of hydrogen-bond acceptors (Lipinski definition) is 7. The van der Waals surface area contributed by atoms with Gasteiger partial charge in [-0.15, -0.1) is 10.2 Å². The van der Waals surface area contributed by atoms with E-state index in [0.29, 0.717) is 5.82 Å². The first-order valence-electron chi connectivity index (χ1n) is 5.58. The van der Waals surface area contributed by atoms with E-state index in [2.05, 4.69) is 31.3 Å². The molecule has 10 heteroatoms. The maximum atomic E-state index is 11.5. The minimum absolute atomic E-state index is 0.177. The van der Waals surface area contributed by atoms with Crippen LogP contribution in [0.5, 0.6) is 0 Å². The first-order valence-corrected chi connectivity index (χ1v) is 5.58. The summed E-state index contributed by atoms with van der Waals surface area (Å²) in [5.41, 5.74) is 0.284. The van der Waals surface area contributed by atoms with E-state index in [4.69, 9.17) is 0 Å². The van der Waals surface area contributed by atoms with Crippen LogP contribution in [0.3, 0.4) is 0 Å². The van der Waals surface area contributed by atoms with E-state index in [1.807, 2.05) is 0 Å². The zero-order valence-corrected chi connectivity index (χ0v) is 10.5. The number of carbonyl (C=O) groups is 1. The molecule has 1 aromatic heterocycles. The lowest BCUT2D eigenvalue weighted by atomic mass is 10.1. The molecule has 20 heavy (non-hydrogen) atoms. The summed E-state index contributed by atoms with van der Waals surface area (Å²) in [7, 11) is 1.45. The topological polar surface area (TPSA) is 139 Å². The Balaban J connectivity index is 2.23. The van der Waals surface area contributed by atoms with Crippen LogP contribution >= 0.6 is 0 Å². The number of aromatic amines is 1. The van der Waals surface area contributed by atoms with Crippen LogP contribution in [0.15, 0.2) is 18.2 Å². The summed E-state index contributed by atoms with van der Waals surface area (Å²) in [6.07, 6.45) is 0. The number of amides is 1. The summed E-state index contributed by atoms with van der Waals surface area (Å²) in [4.78, 5) is 21.9. The number of H-pyrrole nitrogens is 1. The van der Waals surface area contributed by atoms with Crippen LogP contribution in [-0.2, 0) is 6.54 Å². The number of rotatable bonds is 5. The number of nitro groups is 1. The van der Waals surface area contributed by atoms with Crippen molar-refractivity contribution in [3.8, 4) is 0 Å². The molecule has 0 aliphatic carbocycles. The van der Waals surface area contributed by atoms with Crippen LogP contribution in [-0.4, -0.2) is 38.5 Å². The van der Waals surface area contributed by atoms with Gasteiger partial charge in [-0.05, 0) is 12.1 Å². The number of benzene rings is 1. The van der Waals surface area contributed by atoms with Gasteiger partial charge in [0.1, 0.15) is 5.69 Å². The van der Waals surface area contributed by atoms with Crippen molar-refractivity contribution >= 4 is 17.3 Å². The molecule has 1 heterocycles. The molecule has 0 saturated heterocycles. The number of tetrazole rings is 1. The second-order valence-electron chi connectivity index (χ2n) is 3.75. The monoisotopic (exact) mass is 277 g/mol. The number of aromatic nitrogens is 4. The van der Waals surface area contributed by atoms with Crippen LogP contribution in [0, 0.1) is 10.1 Å². The first kappa shape index (κ1) is 13.4. The third kappa shape index (κ3) is 2.85. The van der Waals surface area contributed by atoms with E-state index in [1.54, 1.807) is 0 Å². The molecule has 0 spiro atoms. The fourth-order valence-corrected chi connectivity index (χ4v) is 1.55. The normalized spacial score (nSPS) is 10.1. The highest BCUT2D eigenvalue weighted by molar-refractivity contribution is 5.95. The quantitative estimate of drug-likeness (QED) is 0.519. The molecule has 10 nitrogen and oxygen atoms in total. The van der Waals surface area contributed by atoms with E-state index >= 15 is 0 Å². The Labute approximate surface area is 112 Å². The predicted octanol–water partition coefficient (Wildman–Crippen LogP) is 0.0796. The molecule has 1 amide bonds. The summed E-state index contributed by atoms with van der Waals surface area (Å²) in [6.45, 7) is 0.177. The maximum absolute atomic E-state index is 11.5. The summed E-state index contributed by atoms with van der Waals surface area (Å²) < 4.78 is 0. The number of anilines is 1. The molecular formula is C10H11N7O3. The highest BCUT2D eigenvalue weighted by Crippen LogP contribution is 2.25. The van der Waals surface area contributed by atoms with Crippen LogP contribution in [0.1, 0.15) is 16.2 Å². The third-order valence-corrected chi connectivity index (χ3v) is 2.51. The van der Waals surface area contributed by atoms with E-state index in [-0.39, 0.29) is 23.5 Å². The molecule has 3 N–H and O–H groups in total. The van der Waals surface area contributed by atoms with E-state index < -0.39 is 10.8 Å². The lowest BCUT2D eigenvalue weighted by molar-refractivity contribution is -0.384. The largest absolute Gasteiger partial charge is 0.372 e. The molecule has 0 saturated carbocycles. The van der Waals surface area contributed by atoms with Gasteiger partial charge in [-0.2, -0.15) is 5.21 Å². The van der Waals surface area contributed by atoms with Gasteiger partial charge in [-0.1, -0.05) is 5.21 Å². The second kappa shape index (κ2) is 5.73. The minimum Gasteiger partial charge on any atom is -0.372 e. The number of carbonyl (C=O) groups excluding carboxylic acids is 1. The van der Waals surface area contributed by atoms with Crippen molar-refractivity contribution in [3.63, 3.8) is 0 Å². The van der Waals surface area contributed by atoms with Gasteiger partial charge in [0.2, 0.25) is 0 Å². The molecule has 0 aliphatic rings. The molecule has 1 aromatic carbocycles. The molecular weight excluding hydrogens is 266 g/mol.